The lowest BCUT2D eigenvalue weighted by Gasteiger charge is -2.36. The van der Waals surface area contributed by atoms with Gasteiger partial charge in [-0.3, -0.25) is 0 Å². The van der Waals surface area contributed by atoms with Gasteiger partial charge in [0.05, 0.1) is 49.5 Å². The second-order valence-electron chi connectivity index (χ2n) is 20.5. The van der Waals surface area contributed by atoms with E-state index in [-0.39, 0.29) is 45.6 Å². The van der Waals surface area contributed by atoms with Gasteiger partial charge in [-0.05, 0) is 66.1 Å². The number of aliphatic imine (C=N–C) groups is 1. The number of rotatable bonds is 10. The first-order valence-electron chi connectivity index (χ1n) is 25.2. The van der Waals surface area contributed by atoms with E-state index in [1.807, 2.05) is 68.1 Å². The molecule has 4 aromatic rings. The summed E-state index contributed by atoms with van der Waals surface area (Å²) in [7, 11) is 2.70. The smallest absolute Gasteiger partial charge is 0.444 e. The first kappa shape index (κ1) is 58.5. The molecule has 77 heavy (non-hydrogen) atoms. The van der Waals surface area contributed by atoms with E-state index in [9.17, 15) is 22.4 Å². The number of carbonyl (C=O) groups is 1. The summed E-state index contributed by atoms with van der Waals surface area (Å²) in [5.41, 5.74) is 3.42. The molecule has 4 aromatic heterocycles. The van der Waals surface area contributed by atoms with Gasteiger partial charge in [0.2, 0.25) is 35.0 Å². The molecule has 0 spiro atoms. The zero-order valence-corrected chi connectivity index (χ0v) is 45.7. The third kappa shape index (κ3) is 15.8. The Balaban J connectivity index is 0.000000169. The van der Waals surface area contributed by atoms with Gasteiger partial charge >= 0.3 is 13.2 Å². The number of hydrogen-bond donors (Lipinski definition) is 2. The van der Waals surface area contributed by atoms with E-state index < -0.39 is 42.5 Å². The molecule has 5 fully saturated rings. The first-order chi connectivity index (χ1) is 36.5. The number of nitrogens with one attached hydrogen (secondary N) is 1. The quantitative estimate of drug-likeness (QED) is 0.0984. The average molecular weight is 1100 g/mol. The Morgan fingerprint density at radius 2 is 1.26 bits per heavy atom. The molecule has 24 nitrogen and oxygen atoms in total. The van der Waals surface area contributed by atoms with Crippen LogP contribution in [0.25, 0.3) is 11.4 Å². The lowest BCUT2D eigenvalue weighted by Crippen LogP contribution is -2.50. The highest BCUT2D eigenvalue weighted by molar-refractivity contribution is 6.62. The Bertz CT molecular complexity index is 2590. The van der Waals surface area contributed by atoms with E-state index in [1.54, 1.807) is 23.9 Å². The van der Waals surface area contributed by atoms with Crippen molar-refractivity contribution in [2.24, 2.45) is 4.99 Å². The van der Waals surface area contributed by atoms with Gasteiger partial charge in [-0.2, -0.15) is 29.9 Å². The topological polar surface area (TPSA) is 249 Å². The molecular formula is C47H68BClF4N18O6. The third-order valence-electron chi connectivity index (χ3n) is 12.8. The van der Waals surface area contributed by atoms with Gasteiger partial charge in [0.25, 0.3) is 12.9 Å². The lowest BCUT2D eigenvalue weighted by atomic mass is 9.77. The van der Waals surface area contributed by atoms with Crippen molar-refractivity contribution < 1.29 is 45.9 Å². The normalized spacial score (nSPS) is 18.8. The molecule has 0 aromatic carbocycles. The van der Waals surface area contributed by atoms with E-state index in [2.05, 4.69) is 55.2 Å². The molecule has 3 N–H and O–H groups in total. The molecule has 5 aliphatic heterocycles. The van der Waals surface area contributed by atoms with Crippen LogP contribution in [0.2, 0.25) is 5.28 Å². The van der Waals surface area contributed by atoms with E-state index in [0.717, 1.165) is 26.2 Å². The maximum absolute atomic E-state index is 13.5. The number of carbonyl (C=O) groups excluding carboxylic acids is 1. The van der Waals surface area contributed by atoms with Crippen LogP contribution in [0, 0.1) is 0 Å². The summed E-state index contributed by atoms with van der Waals surface area (Å²) >= 11 is 6.11. The number of ether oxygens (including phenoxy) is 3. The summed E-state index contributed by atoms with van der Waals surface area (Å²) in [6, 6.07) is 1.27. The van der Waals surface area contributed by atoms with Crippen molar-refractivity contribution in [2.75, 3.05) is 144 Å². The summed E-state index contributed by atoms with van der Waals surface area (Å²) in [5, 5.41) is 3.44. The predicted octanol–water partition coefficient (Wildman–Crippen LogP) is 4.05. The Morgan fingerprint density at radius 1 is 0.753 bits per heavy atom. The van der Waals surface area contributed by atoms with Gasteiger partial charge in [-0.25, -0.2) is 42.3 Å². The Hall–Kier alpha value is -6.14. The van der Waals surface area contributed by atoms with Gasteiger partial charge < -0.3 is 64.0 Å². The van der Waals surface area contributed by atoms with Crippen LogP contribution in [-0.2, 0) is 23.5 Å². The highest BCUT2D eigenvalue weighted by Crippen LogP contribution is 2.38. The number of morpholine rings is 2. The molecule has 9 heterocycles. The molecule has 9 rings (SSSR count). The molecular weight excluding hydrogens is 1030 g/mol. The van der Waals surface area contributed by atoms with Crippen LogP contribution in [0.1, 0.15) is 72.6 Å². The number of hydrogen-bond acceptors (Lipinski definition) is 22. The minimum absolute atomic E-state index is 0.0532. The molecule has 0 atom stereocenters. The fourth-order valence-electron chi connectivity index (χ4n) is 8.00. The van der Waals surface area contributed by atoms with Crippen molar-refractivity contribution in [3.63, 3.8) is 0 Å². The summed E-state index contributed by atoms with van der Waals surface area (Å²) in [4.78, 5) is 65.9. The largest absolute Gasteiger partial charge is 0.496 e. The van der Waals surface area contributed by atoms with Crippen molar-refractivity contribution in [2.45, 2.75) is 78.1 Å². The van der Waals surface area contributed by atoms with Gasteiger partial charge in [0, 0.05) is 116 Å². The average Bonchev–Trinajstić information content (AvgIpc) is 3.76. The van der Waals surface area contributed by atoms with Crippen LogP contribution in [-0.4, -0.2) is 210 Å². The first-order valence-corrected chi connectivity index (χ1v) is 25.6. The summed E-state index contributed by atoms with van der Waals surface area (Å²) in [5.74, 6) is 2.09. The van der Waals surface area contributed by atoms with Gasteiger partial charge in [-0.1, -0.05) is 0 Å². The zero-order valence-electron chi connectivity index (χ0n) is 44.9. The van der Waals surface area contributed by atoms with Gasteiger partial charge in [0.1, 0.15) is 11.3 Å². The van der Waals surface area contributed by atoms with Crippen molar-refractivity contribution in [3.05, 3.63) is 35.0 Å². The maximum Gasteiger partial charge on any atom is 0.496 e. The van der Waals surface area contributed by atoms with Crippen molar-refractivity contribution >= 4 is 72.2 Å². The van der Waals surface area contributed by atoms with Crippen molar-refractivity contribution in [1.29, 1.82) is 0 Å². The number of alkyl halides is 4. The fourth-order valence-corrected chi connectivity index (χ4v) is 8.15. The number of halogens is 5. The Kier molecular flexibility index (Phi) is 19.4. The standard InChI is InChI=1S/C16H25ClN6O3.C16H21F2N9O.C15H22BF2N3O2/c1-16(2,3)26-15(24)23-6-4-21(5-7-23)13-18-12(17)19-14(20-13)22-8-10-25-11-9-22;17-12(18)11-10(9-21-14(19)22-11)13-23-15(26-3-1-20-2-4-26)25-16(24-13)27-5-7-28-8-6-27;1-14(2)15(3,4)23-16(22-14)11-8-19-12(20-9-21(5)6)7-10(11)13(17)18/h4-11H2,1-3H3;9,12,20H,1-8H2,(H2,19,21,22);7-9,13H,1-6H3. The zero-order chi connectivity index (χ0) is 55.7. The van der Waals surface area contributed by atoms with Gasteiger partial charge in [0.15, 0.2) is 11.6 Å². The number of nitrogen functional groups attached to an aromatic ring is 1. The van der Waals surface area contributed by atoms with E-state index in [1.165, 1.54) is 24.8 Å². The molecule has 420 valence electrons. The number of aromatic nitrogens is 9. The summed E-state index contributed by atoms with van der Waals surface area (Å²) < 4.78 is 81.8. The van der Waals surface area contributed by atoms with Crippen LogP contribution in [0.15, 0.2) is 23.5 Å². The highest BCUT2D eigenvalue weighted by atomic mass is 35.5. The molecule has 30 heteroatoms. The predicted molar refractivity (Wildman–Crippen MR) is 283 cm³/mol. The molecule has 5 saturated heterocycles. The molecule has 1 amide bonds. The molecule has 0 saturated carbocycles. The fraction of sp³-hybridized carbons (Fsp3) is 0.638. The summed E-state index contributed by atoms with van der Waals surface area (Å²) in [6.45, 7) is 23.5. The number of nitrogens with zero attached hydrogens (tertiary/aromatic N) is 16. The van der Waals surface area contributed by atoms with Crippen molar-refractivity contribution in [3.8, 4) is 11.4 Å². The molecule has 0 unspecified atom stereocenters. The van der Waals surface area contributed by atoms with Crippen LogP contribution >= 0.6 is 11.6 Å². The number of pyridine rings is 1. The van der Waals surface area contributed by atoms with Crippen LogP contribution < -0.4 is 36.1 Å². The monoisotopic (exact) mass is 1100 g/mol. The summed E-state index contributed by atoms with van der Waals surface area (Å²) in [6.07, 6.45) is -1.69. The number of piperazine rings is 2. The van der Waals surface area contributed by atoms with E-state index >= 15 is 0 Å². The van der Waals surface area contributed by atoms with Crippen molar-refractivity contribution in [1.82, 2.24) is 60.0 Å². The maximum atomic E-state index is 13.5. The minimum atomic E-state index is -2.83. The SMILES string of the molecule is CC(C)(C)OC(=O)N1CCN(c2nc(Cl)nc(N3CCOCC3)n2)CC1.CN(C)C=Nc1cc(C(F)F)c(B2OC(C)(C)C(C)(C)O2)cn1.Nc1ncc(-c2nc(N3CCNCC3)nc(N3CCOCC3)n2)c(C(F)F)n1. The number of amides is 1. The highest BCUT2D eigenvalue weighted by Gasteiger charge is 2.52. The van der Waals surface area contributed by atoms with Crippen LogP contribution in [0.3, 0.4) is 0 Å². The van der Waals surface area contributed by atoms with Gasteiger partial charge in [-0.15, -0.1) is 0 Å². The minimum Gasteiger partial charge on any atom is -0.444 e. The molecule has 0 aliphatic carbocycles. The molecule has 0 bridgehead atoms. The Labute approximate surface area is 450 Å². The second-order valence-corrected chi connectivity index (χ2v) is 20.8. The molecule has 0 radical (unpaired) electrons. The molecule has 5 aliphatic rings. The number of nitrogens with two attached hydrogens (primary N) is 1. The van der Waals surface area contributed by atoms with Crippen LogP contribution in [0.5, 0.6) is 0 Å². The Morgan fingerprint density at radius 3 is 1.75 bits per heavy atom. The van der Waals surface area contributed by atoms with E-state index in [4.69, 9.17) is 40.9 Å². The van der Waals surface area contributed by atoms with E-state index in [0.29, 0.717) is 103 Å². The third-order valence-corrected chi connectivity index (χ3v) is 13.0. The number of anilines is 5. The van der Waals surface area contributed by atoms with Crippen LogP contribution in [0.4, 0.5) is 57.9 Å². The lowest BCUT2D eigenvalue weighted by molar-refractivity contribution is 0.00578. The second kappa shape index (κ2) is 25.6.